The fourth-order valence-corrected chi connectivity index (χ4v) is 1.26. The lowest BCUT2D eigenvalue weighted by atomic mass is 10.1. The van der Waals surface area contributed by atoms with Crippen molar-refractivity contribution in [1.29, 1.82) is 0 Å². The SMILES string of the molecule is CC(CN)C(=O)Nc1cccc(/C=C/C(=O)O)c1. The molecule has 96 valence electrons. The number of benzene rings is 1. The van der Waals surface area contributed by atoms with Gasteiger partial charge in [0.1, 0.15) is 0 Å². The molecule has 1 rings (SSSR count). The molecule has 1 unspecified atom stereocenters. The highest BCUT2D eigenvalue weighted by Gasteiger charge is 2.10. The molecule has 18 heavy (non-hydrogen) atoms. The van der Waals surface area contributed by atoms with Crippen molar-refractivity contribution in [3.05, 3.63) is 35.9 Å². The van der Waals surface area contributed by atoms with Gasteiger partial charge in [0.2, 0.25) is 5.91 Å². The van der Waals surface area contributed by atoms with Crippen LogP contribution in [-0.4, -0.2) is 23.5 Å². The van der Waals surface area contributed by atoms with E-state index in [9.17, 15) is 9.59 Å². The first-order valence-electron chi connectivity index (χ1n) is 5.55. The monoisotopic (exact) mass is 248 g/mol. The number of nitrogens with one attached hydrogen (secondary N) is 1. The summed E-state index contributed by atoms with van der Waals surface area (Å²) in [6.45, 7) is 2.02. The third kappa shape index (κ3) is 4.39. The fraction of sp³-hybridized carbons (Fsp3) is 0.231. The Hall–Kier alpha value is -2.14. The lowest BCUT2D eigenvalue weighted by molar-refractivity contribution is -0.131. The van der Waals surface area contributed by atoms with Crippen LogP contribution in [0.25, 0.3) is 6.08 Å². The maximum atomic E-state index is 11.6. The predicted octanol–water partition coefficient (Wildman–Crippen LogP) is 1.32. The number of carbonyl (C=O) groups excluding carboxylic acids is 1. The number of rotatable bonds is 5. The van der Waals surface area contributed by atoms with Crippen LogP contribution < -0.4 is 11.1 Å². The third-order valence-corrected chi connectivity index (χ3v) is 2.37. The molecule has 0 aliphatic rings. The van der Waals surface area contributed by atoms with Crippen molar-refractivity contribution in [3.63, 3.8) is 0 Å². The van der Waals surface area contributed by atoms with Crippen LogP contribution >= 0.6 is 0 Å². The zero-order valence-electron chi connectivity index (χ0n) is 10.1. The first kappa shape index (κ1) is 13.9. The summed E-state index contributed by atoms with van der Waals surface area (Å²) in [5, 5.41) is 11.2. The van der Waals surface area contributed by atoms with Crippen molar-refractivity contribution in [2.24, 2.45) is 11.7 Å². The van der Waals surface area contributed by atoms with Gasteiger partial charge in [-0.2, -0.15) is 0 Å². The molecule has 0 radical (unpaired) electrons. The molecule has 0 aromatic heterocycles. The van der Waals surface area contributed by atoms with Crippen LogP contribution in [-0.2, 0) is 9.59 Å². The van der Waals surface area contributed by atoms with Gasteiger partial charge in [0, 0.05) is 24.2 Å². The van der Waals surface area contributed by atoms with Crippen molar-refractivity contribution in [2.45, 2.75) is 6.92 Å². The quantitative estimate of drug-likeness (QED) is 0.685. The highest BCUT2D eigenvalue weighted by atomic mass is 16.4. The number of nitrogens with two attached hydrogens (primary N) is 1. The van der Waals surface area contributed by atoms with Gasteiger partial charge < -0.3 is 16.2 Å². The molecule has 0 spiro atoms. The van der Waals surface area contributed by atoms with E-state index in [1.54, 1.807) is 31.2 Å². The summed E-state index contributed by atoms with van der Waals surface area (Å²) in [6.07, 6.45) is 2.51. The van der Waals surface area contributed by atoms with Gasteiger partial charge in [-0.1, -0.05) is 19.1 Å². The minimum atomic E-state index is -1.01. The summed E-state index contributed by atoms with van der Waals surface area (Å²) >= 11 is 0. The predicted molar refractivity (Wildman–Crippen MR) is 70.0 cm³/mol. The smallest absolute Gasteiger partial charge is 0.328 e. The Balaban J connectivity index is 2.76. The summed E-state index contributed by atoms with van der Waals surface area (Å²) in [7, 11) is 0. The summed E-state index contributed by atoms with van der Waals surface area (Å²) in [5.74, 6) is -1.43. The number of carbonyl (C=O) groups is 2. The van der Waals surface area contributed by atoms with Gasteiger partial charge >= 0.3 is 5.97 Å². The Morgan fingerprint density at radius 3 is 2.83 bits per heavy atom. The second-order valence-electron chi connectivity index (χ2n) is 3.92. The molecule has 5 nitrogen and oxygen atoms in total. The highest BCUT2D eigenvalue weighted by molar-refractivity contribution is 5.93. The minimum Gasteiger partial charge on any atom is -0.478 e. The van der Waals surface area contributed by atoms with E-state index in [0.717, 1.165) is 6.08 Å². The lowest BCUT2D eigenvalue weighted by Gasteiger charge is -2.10. The molecule has 1 atom stereocenters. The van der Waals surface area contributed by atoms with Gasteiger partial charge in [-0.3, -0.25) is 4.79 Å². The van der Waals surface area contributed by atoms with Crippen LogP contribution in [0.4, 0.5) is 5.69 Å². The second kappa shape index (κ2) is 6.56. The first-order chi connectivity index (χ1) is 8.52. The number of carboxylic acids is 1. The van der Waals surface area contributed by atoms with E-state index in [4.69, 9.17) is 10.8 Å². The van der Waals surface area contributed by atoms with Gasteiger partial charge in [0.15, 0.2) is 0 Å². The Morgan fingerprint density at radius 1 is 1.50 bits per heavy atom. The van der Waals surface area contributed by atoms with Crippen LogP contribution in [0, 0.1) is 5.92 Å². The zero-order chi connectivity index (χ0) is 13.5. The molecule has 5 heteroatoms. The van der Waals surface area contributed by atoms with E-state index >= 15 is 0 Å². The molecule has 0 fully saturated rings. The standard InChI is InChI=1S/C13H16N2O3/c1-9(8-14)13(18)15-11-4-2-3-10(7-11)5-6-12(16)17/h2-7,9H,8,14H2,1H3,(H,15,18)(H,16,17)/b6-5+. The summed E-state index contributed by atoms with van der Waals surface area (Å²) in [5.41, 5.74) is 6.72. The molecule has 1 aromatic rings. The molecule has 0 aliphatic heterocycles. The average Bonchev–Trinajstić information content (AvgIpc) is 2.35. The first-order valence-corrected chi connectivity index (χ1v) is 5.55. The van der Waals surface area contributed by atoms with Gasteiger partial charge in [-0.15, -0.1) is 0 Å². The Morgan fingerprint density at radius 2 is 2.22 bits per heavy atom. The molecule has 0 heterocycles. The Kier molecular flexibility index (Phi) is 5.07. The van der Waals surface area contributed by atoms with Crippen LogP contribution in [0.15, 0.2) is 30.3 Å². The largest absolute Gasteiger partial charge is 0.478 e. The van der Waals surface area contributed by atoms with Crippen molar-refractivity contribution in [2.75, 3.05) is 11.9 Å². The molecular weight excluding hydrogens is 232 g/mol. The van der Waals surface area contributed by atoms with E-state index in [0.29, 0.717) is 11.3 Å². The molecule has 1 amide bonds. The molecule has 1 aromatic carbocycles. The van der Waals surface area contributed by atoms with Gasteiger partial charge in [-0.25, -0.2) is 4.79 Å². The van der Waals surface area contributed by atoms with E-state index in [1.807, 2.05) is 0 Å². The van der Waals surface area contributed by atoms with Gasteiger partial charge in [-0.05, 0) is 23.8 Å². The number of hydrogen-bond acceptors (Lipinski definition) is 3. The number of anilines is 1. The van der Waals surface area contributed by atoms with Gasteiger partial charge in [0.25, 0.3) is 0 Å². The normalized spacial score (nSPS) is 12.3. The summed E-state index contributed by atoms with van der Waals surface area (Å²) in [6, 6.07) is 6.92. The summed E-state index contributed by atoms with van der Waals surface area (Å²) < 4.78 is 0. The van der Waals surface area contributed by atoms with E-state index in [-0.39, 0.29) is 18.4 Å². The van der Waals surface area contributed by atoms with Crippen LogP contribution in [0.5, 0.6) is 0 Å². The van der Waals surface area contributed by atoms with E-state index in [1.165, 1.54) is 6.08 Å². The van der Waals surface area contributed by atoms with Crippen LogP contribution in [0.1, 0.15) is 12.5 Å². The average molecular weight is 248 g/mol. The number of amides is 1. The molecular formula is C13H16N2O3. The molecule has 0 aliphatic carbocycles. The second-order valence-corrected chi connectivity index (χ2v) is 3.92. The summed E-state index contributed by atoms with van der Waals surface area (Å²) in [4.78, 5) is 22.0. The van der Waals surface area contributed by atoms with Crippen molar-refractivity contribution >= 4 is 23.6 Å². The van der Waals surface area contributed by atoms with E-state index in [2.05, 4.69) is 5.32 Å². The lowest BCUT2D eigenvalue weighted by Crippen LogP contribution is -2.26. The van der Waals surface area contributed by atoms with E-state index < -0.39 is 5.97 Å². The minimum absolute atomic E-state index is 0.156. The van der Waals surface area contributed by atoms with Crippen LogP contribution in [0.2, 0.25) is 0 Å². The topological polar surface area (TPSA) is 92.4 Å². The van der Waals surface area contributed by atoms with Gasteiger partial charge in [0.05, 0.1) is 0 Å². The Labute approximate surface area is 105 Å². The zero-order valence-corrected chi connectivity index (χ0v) is 10.1. The highest BCUT2D eigenvalue weighted by Crippen LogP contribution is 2.13. The molecule has 0 saturated heterocycles. The third-order valence-electron chi connectivity index (χ3n) is 2.37. The fourth-order valence-electron chi connectivity index (χ4n) is 1.26. The van der Waals surface area contributed by atoms with Crippen molar-refractivity contribution in [3.8, 4) is 0 Å². The van der Waals surface area contributed by atoms with Crippen molar-refractivity contribution in [1.82, 2.24) is 0 Å². The molecule has 0 bridgehead atoms. The number of aliphatic carboxylic acids is 1. The van der Waals surface area contributed by atoms with Crippen LogP contribution in [0.3, 0.4) is 0 Å². The van der Waals surface area contributed by atoms with Crippen molar-refractivity contribution < 1.29 is 14.7 Å². The molecule has 4 N–H and O–H groups in total. The number of carboxylic acid groups (broad SMARTS) is 1. The maximum absolute atomic E-state index is 11.6. The maximum Gasteiger partial charge on any atom is 0.328 e. The molecule has 0 saturated carbocycles. The Bertz CT molecular complexity index is 469. The number of hydrogen-bond donors (Lipinski definition) is 3.